The first-order chi connectivity index (χ1) is 10.5. The van der Waals surface area contributed by atoms with Gasteiger partial charge in [0.1, 0.15) is 17.2 Å². The summed E-state index contributed by atoms with van der Waals surface area (Å²) in [6, 6.07) is 7.26. The molecule has 0 radical (unpaired) electrons. The SMILES string of the molecule is O=C1NC(=O)c2c(NC(=O)c3c(F)cccc3F)cccc21. The first kappa shape index (κ1) is 13.9. The number of imide groups is 1. The van der Waals surface area contributed by atoms with Crippen molar-refractivity contribution in [3.63, 3.8) is 0 Å². The van der Waals surface area contributed by atoms with E-state index in [1.165, 1.54) is 18.2 Å². The smallest absolute Gasteiger partial charge is 0.261 e. The Hall–Kier alpha value is -3.09. The second kappa shape index (κ2) is 5.03. The third kappa shape index (κ3) is 2.12. The summed E-state index contributed by atoms with van der Waals surface area (Å²) in [5.41, 5.74) is -0.687. The van der Waals surface area contributed by atoms with Crippen molar-refractivity contribution in [1.82, 2.24) is 5.32 Å². The minimum atomic E-state index is -1.05. The second-order valence-corrected chi connectivity index (χ2v) is 4.56. The van der Waals surface area contributed by atoms with Gasteiger partial charge >= 0.3 is 0 Å². The first-order valence-corrected chi connectivity index (χ1v) is 6.23. The van der Waals surface area contributed by atoms with Crippen molar-refractivity contribution >= 4 is 23.4 Å². The molecule has 110 valence electrons. The summed E-state index contributed by atoms with van der Waals surface area (Å²) < 4.78 is 27.2. The fourth-order valence-electron chi connectivity index (χ4n) is 2.22. The van der Waals surface area contributed by atoms with E-state index in [-0.39, 0.29) is 16.8 Å². The molecule has 0 spiro atoms. The van der Waals surface area contributed by atoms with Crippen molar-refractivity contribution < 1.29 is 23.2 Å². The zero-order valence-electron chi connectivity index (χ0n) is 10.9. The molecule has 0 saturated heterocycles. The Bertz CT molecular complexity index is 813. The van der Waals surface area contributed by atoms with E-state index in [9.17, 15) is 23.2 Å². The molecule has 0 unspecified atom stereocenters. The van der Waals surface area contributed by atoms with Gasteiger partial charge in [0.2, 0.25) is 0 Å². The third-order valence-electron chi connectivity index (χ3n) is 3.20. The fourth-order valence-corrected chi connectivity index (χ4v) is 2.22. The van der Waals surface area contributed by atoms with Crippen LogP contribution < -0.4 is 10.6 Å². The van der Waals surface area contributed by atoms with E-state index in [2.05, 4.69) is 10.6 Å². The topological polar surface area (TPSA) is 75.3 Å². The molecule has 1 aliphatic rings. The molecule has 3 amide bonds. The summed E-state index contributed by atoms with van der Waals surface area (Å²) in [6.07, 6.45) is 0. The zero-order chi connectivity index (χ0) is 15.9. The van der Waals surface area contributed by atoms with E-state index >= 15 is 0 Å². The lowest BCUT2D eigenvalue weighted by Crippen LogP contribution is -2.21. The highest BCUT2D eigenvalue weighted by Gasteiger charge is 2.30. The number of nitrogens with one attached hydrogen (secondary N) is 2. The molecule has 0 saturated carbocycles. The predicted molar refractivity (Wildman–Crippen MR) is 72.5 cm³/mol. The van der Waals surface area contributed by atoms with Gasteiger partial charge in [-0.3, -0.25) is 19.7 Å². The number of amides is 3. The average molecular weight is 302 g/mol. The summed E-state index contributed by atoms with van der Waals surface area (Å²) >= 11 is 0. The number of carbonyl (C=O) groups excluding carboxylic acids is 3. The third-order valence-corrected chi connectivity index (χ3v) is 3.20. The summed E-state index contributed by atoms with van der Waals surface area (Å²) in [6.45, 7) is 0. The van der Waals surface area contributed by atoms with Crippen LogP contribution in [0.3, 0.4) is 0 Å². The van der Waals surface area contributed by atoms with Crippen molar-refractivity contribution in [3.05, 3.63) is 64.7 Å². The molecule has 5 nitrogen and oxygen atoms in total. The van der Waals surface area contributed by atoms with E-state index in [1.807, 2.05) is 0 Å². The van der Waals surface area contributed by atoms with Gasteiger partial charge in [0.15, 0.2) is 0 Å². The molecule has 0 atom stereocenters. The van der Waals surface area contributed by atoms with E-state index in [0.29, 0.717) is 0 Å². The molecular formula is C15H8F2N2O3. The number of halogens is 2. The van der Waals surface area contributed by atoms with Crippen molar-refractivity contribution in [3.8, 4) is 0 Å². The maximum Gasteiger partial charge on any atom is 0.261 e. The van der Waals surface area contributed by atoms with Crippen LogP contribution in [-0.4, -0.2) is 17.7 Å². The number of benzene rings is 2. The zero-order valence-corrected chi connectivity index (χ0v) is 10.9. The molecule has 2 N–H and O–H groups in total. The first-order valence-electron chi connectivity index (χ1n) is 6.23. The van der Waals surface area contributed by atoms with E-state index in [1.54, 1.807) is 0 Å². The van der Waals surface area contributed by atoms with Gasteiger partial charge in [-0.15, -0.1) is 0 Å². The molecule has 22 heavy (non-hydrogen) atoms. The van der Waals surface area contributed by atoms with Gasteiger partial charge in [-0.05, 0) is 24.3 Å². The molecule has 3 rings (SSSR count). The van der Waals surface area contributed by atoms with Crippen LogP contribution in [0, 0.1) is 11.6 Å². The van der Waals surface area contributed by atoms with Gasteiger partial charge in [0.25, 0.3) is 17.7 Å². The van der Waals surface area contributed by atoms with Crippen molar-refractivity contribution in [2.45, 2.75) is 0 Å². The van der Waals surface area contributed by atoms with Gasteiger partial charge < -0.3 is 5.32 Å². The standard InChI is InChI=1S/C15H8F2N2O3/c16-8-4-2-5-9(17)12(8)15(22)18-10-6-1-3-7-11(10)14(21)19-13(7)20/h1-6H,(H,18,22)(H,19,20,21). The molecule has 7 heteroatoms. The molecule has 0 aromatic heterocycles. The Balaban J connectivity index is 2.00. The normalized spacial score (nSPS) is 12.8. The van der Waals surface area contributed by atoms with E-state index < -0.39 is 34.9 Å². The Morgan fingerprint density at radius 3 is 2.27 bits per heavy atom. The average Bonchev–Trinajstić information content (AvgIpc) is 2.75. The second-order valence-electron chi connectivity index (χ2n) is 4.56. The van der Waals surface area contributed by atoms with Gasteiger partial charge in [-0.25, -0.2) is 8.78 Å². The minimum absolute atomic E-state index is 0.00787. The summed E-state index contributed by atoms with van der Waals surface area (Å²) in [5.74, 6) is -4.36. The highest BCUT2D eigenvalue weighted by atomic mass is 19.1. The highest BCUT2D eigenvalue weighted by molar-refractivity contribution is 6.25. The molecule has 2 aromatic rings. The van der Waals surface area contributed by atoms with Crippen LogP contribution in [0.4, 0.5) is 14.5 Å². The lowest BCUT2D eigenvalue weighted by Gasteiger charge is -2.09. The van der Waals surface area contributed by atoms with Crippen molar-refractivity contribution in [2.24, 2.45) is 0 Å². The molecule has 1 heterocycles. The number of hydrogen-bond donors (Lipinski definition) is 2. The van der Waals surface area contributed by atoms with Crippen molar-refractivity contribution in [1.29, 1.82) is 0 Å². The lowest BCUT2D eigenvalue weighted by atomic mass is 10.1. The molecular weight excluding hydrogens is 294 g/mol. The van der Waals surface area contributed by atoms with Crippen LogP contribution in [-0.2, 0) is 0 Å². The highest BCUT2D eigenvalue weighted by Crippen LogP contribution is 2.25. The minimum Gasteiger partial charge on any atom is -0.321 e. The number of hydrogen-bond acceptors (Lipinski definition) is 3. The van der Waals surface area contributed by atoms with Gasteiger partial charge in [0, 0.05) is 0 Å². The van der Waals surface area contributed by atoms with Crippen LogP contribution in [0.1, 0.15) is 31.1 Å². The monoisotopic (exact) mass is 302 g/mol. The Morgan fingerprint density at radius 2 is 1.59 bits per heavy atom. The number of rotatable bonds is 2. The molecule has 0 bridgehead atoms. The fraction of sp³-hybridized carbons (Fsp3) is 0. The van der Waals surface area contributed by atoms with Crippen LogP contribution in [0.25, 0.3) is 0 Å². The van der Waals surface area contributed by atoms with Gasteiger partial charge in [-0.2, -0.15) is 0 Å². The van der Waals surface area contributed by atoms with Gasteiger partial charge in [-0.1, -0.05) is 12.1 Å². The molecule has 2 aromatic carbocycles. The molecule has 1 aliphatic heterocycles. The maximum absolute atomic E-state index is 13.6. The van der Waals surface area contributed by atoms with Gasteiger partial charge in [0.05, 0.1) is 16.8 Å². The quantitative estimate of drug-likeness (QED) is 0.834. The molecule has 0 aliphatic carbocycles. The summed E-state index contributed by atoms with van der Waals surface area (Å²) in [7, 11) is 0. The lowest BCUT2D eigenvalue weighted by molar-refractivity contribution is 0.0879. The Labute approximate surface area is 122 Å². The van der Waals surface area contributed by atoms with Crippen molar-refractivity contribution in [2.75, 3.05) is 5.32 Å². The summed E-state index contributed by atoms with van der Waals surface area (Å²) in [5, 5.41) is 4.34. The van der Waals surface area contributed by atoms with Crippen LogP contribution in [0.2, 0.25) is 0 Å². The molecule has 0 fully saturated rings. The maximum atomic E-state index is 13.6. The number of fused-ring (bicyclic) bond motifs is 1. The number of anilines is 1. The Kier molecular flexibility index (Phi) is 3.17. The number of carbonyl (C=O) groups is 3. The summed E-state index contributed by atoms with van der Waals surface area (Å²) in [4.78, 5) is 35.3. The van der Waals surface area contributed by atoms with Crippen LogP contribution in [0.15, 0.2) is 36.4 Å². The van der Waals surface area contributed by atoms with E-state index in [4.69, 9.17) is 0 Å². The largest absolute Gasteiger partial charge is 0.321 e. The van der Waals surface area contributed by atoms with Crippen LogP contribution in [0.5, 0.6) is 0 Å². The van der Waals surface area contributed by atoms with Crippen LogP contribution >= 0.6 is 0 Å². The Morgan fingerprint density at radius 1 is 0.955 bits per heavy atom. The van der Waals surface area contributed by atoms with E-state index in [0.717, 1.165) is 18.2 Å². The predicted octanol–water partition coefficient (Wildman–Crippen LogP) is 2.10.